The van der Waals surface area contributed by atoms with Crippen LogP contribution in [-0.2, 0) is 23.9 Å². The Hall–Kier alpha value is -2.68. The van der Waals surface area contributed by atoms with E-state index in [0.717, 1.165) is 22.3 Å². The van der Waals surface area contributed by atoms with Gasteiger partial charge >= 0.3 is 6.18 Å². The summed E-state index contributed by atoms with van der Waals surface area (Å²) >= 11 is 1.55. The predicted molar refractivity (Wildman–Crippen MR) is 105 cm³/mol. The summed E-state index contributed by atoms with van der Waals surface area (Å²) in [6.07, 6.45) is -3.91. The standard InChI is InChI=1S/C20H21F3N4OS/c1-13(11-27-14(2)10-17(26-27)20(21,22)23)18(28)24-9-8-16-12-29-19(25-16)15-6-4-3-5-7-15/h3-7,10,12-13H,8-9,11H2,1-2H3,(H,24,28). The molecule has 1 aromatic carbocycles. The van der Waals surface area contributed by atoms with Crippen LogP contribution in [0.25, 0.3) is 10.6 Å². The molecule has 1 unspecified atom stereocenters. The van der Waals surface area contributed by atoms with Crippen molar-refractivity contribution >= 4 is 17.2 Å². The Bertz CT molecular complexity index is 966. The number of aromatic nitrogens is 3. The molecule has 154 valence electrons. The summed E-state index contributed by atoms with van der Waals surface area (Å²) in [6.45, 7) is 3.70. The Labute approximate surface area is 170 Å². The summed E-state index contributed by atoms with van der Waals surface area (Å²) in [5.41, 5.74) is 1.36. The number of halogens is 3. The van der Waals surface area contributed by atoms with Crippen LogP contribution < -0.4 is 5.32 Å². The summed E-state index contributed by atoms with van der Waals surface area (Å²) in [5, 5.41) is 9.27. The van der Waals surface area contributed by atoms with Gasteiger partial charge in [-0.05, 0) is 13.0 Å². The Morgan fingerprint density at radius 1 is 1.28 bits per heavy atom. The van der Waals surface area contributed by atoms with Gasteiger partial charge in [0.05, 0.1) is 18.2 Å². The number of nitrogens with one attached hydrogen (secondary N) is 1. The van der Waals surface area contributed by atoms with E-state index in [9.17, 15) is 18.0 Å². The number of carbonyl (C=O) groups is 1. The average molecular weight is 422 g/mol. The van der Waals surface area contributed by atoms with Gasteiger partial charge in [0.15, 0.2) is 5.69 Å². The van der Waals surface area contributed by atoms with Crippen LogP contribution in [0.15, 0.2) is 41.8 Å². The van der Waals surface area contributed by atoms with Crippen molar-refractivity contribution < 1.29 is 18.0 Å². The predicted octanol–water partition coefficient (Wildman–Crippen LogP) is 4.33. The van der Waals surface area contributed by atoms with Gasteiger partial charge < -0.3 is 5.32 Å². The third kappa shape index (κ3) is 5.44. The third-order valence-electron chi connectivity index (χ3n) is 4.42. The minimum Gasteiger partial charge on any atom is -0.355 e. The molecule has 0 spiro atoms. The number of nitrogens with zero attached hydrogens (tertiary/aromatic N) is 3. The first-order valence-electron chi connectivity index (χ1n) is 9.13. The SMILES string of the molecule is Cc1cc(C(F)(F)F)nn1CC(C)C(=O)NCCc1csc(-c2ccccc2)n1. The first kappa shape index (κ1) is 21.0. The van der Waals surface area contributed by atoms with Gasteiger partial charge in [-0.15, -0.1) is 11.3 Å². The topological polar surface area (TPSA) is 59.8 Å². The number of amides is 1. The molecule has 5 nitrogen and oxygen atoms in total. The Balaban J connectivity index is 1.50. The quantitative estimate of drug-likeness (QED) is 0.617. The smallest absolute Gasteiger partial charge is 0.355 e. The second kappa shape index (κ2) is 8.77. The van der Waals surface area contributed by atoms with Gasteiger partial charge in [0.2, 0.25) is 5.91 Å². The lowest BCUT2D eigenvalue weighted by Gasteiger charge is -2.13. The van der Waals surface area contributed by atoms with Crippen molar-refractivity contribution in [2.75, 3.05) is 6.54 Å². The molecule has 9 heteroatoms. The van der Waals surface area contributed by atoms with Crippen molar-refractivity contribution in [2.24, 2.45) is 5.92 Å². The van der Waals surface area contributed by atoms with E-state index in [0.29, 0.717) is 18.7 Å². The van der Waals surface area contributed by atoms with Gasteiger partial charge in [-0.3, -0.25) is 9.48 Å². The summed E-state index contributed by atoms with van der Waals surface area (Å²) in [6, 6.07) is 10.8. The van der Waals surface area contributed by atoms with Crippen LogP contribution in [0.4, 0.5) is 13.2 Å². The molecule has 2 heterocycles. The number of rotatable bonds is 7. The molecule has 0 aliphatic carbocycles. The Kier molecular flexibility index (Phi) is 6.36. The third-order valence-corrected chi connectivity index (χ3v) is 5.36. The van der Waals surface area contributed by atoms with Crippen LogP contribution in [0, 0.1) is 12.8 Å². The van der Waals surface area contributed by atoms with E-state index in [1.54, 1.807) is 25.2 Å². The summed E-state index contributed by atoms with van der Waals surface area (Å²) in [4.78, 5) is 16.9. The zero-order chi connectivity index (χ0) is 21.0. The van der Waals surface area contributed by atoms with Crippen LogP contribution in [-0.4, -0.2) is 27.2 Å². The number of hydrogen-bond donors (Lipinski definition) is 1. The van der Waals surface area contributed by atoms with Gasteiger partial charge in [-0.1, -0.05) is 37.3 Å². The number of aryl methyl sites for hydroxylation is 1. The molecular weight excluding hydrogens is 401 g/mol. The van der Waals surface area contributed by atoms with Crippen molar-refractivity contribution in [3.63, 3.8) is 0 Å². The van der Waals surface area contributed by atoms with Gasteiger partial charge in [0.25, 0.3) is 0 Å². The Morgan fingerprint density at radius 2 is 2.00 bits per heavy atom. The molecule has 1 amide bonds. The number of hydrogen-bond acceptors (Lipinski definition) is 4. The molecule has 0 fully saturated rings. The molecule has 3 aromatic rings. The second-order valence-corrected chi connectivity index (χ2v) is 7.66. The average Bonchev–Trinajstić information content (AvgIpc) is 3.29. The summed E-state index contributed by atoms with van der Waals surface area (Å²) in [7, 11) is 0. The van der Waals surface area contributed by atoms with E-state index in [1.165, 1.54) is 4.68 Å². The lowest BCUT2D eigenvalue weighted by Crippen LogP contribution is -2.33. The van der Waals surface area contributed by atoms with Gasteiger partial charge in [0, 0.05) is 29.6 Å². The van der Waals surface area contributed by atoms with Gasteiger partial charge in [0.1, 0.15) is 5.01 Å². The molecule has 1 atom stereocenters. The van der Waals surface area contributed by atoms with E-state index < -0.39 is 17.8 Å². The van der Waals surface area contributed by atoms with E-state index in [-0.39, 0.29) is 12.5 Å². The fourth-order valence-electron chi connectivity index (χ4n) is 2.80. The van der Waals surface area contributed by atoms with Gasteiger partial charge in [-0.2, -0.15) is 18.3 Å². The first-order valence-corrected chi connectivity index (χ1v) is 10.0. The maximum atomic E-state index is 12.8. The fraction of sp³-hybridized carbons (Fsp3) is 0.350. The molecule has 0 radical (unpaired) electrons. The lowest BCUT2D eigenvalue weighted by atomic mass is 10.1. The Morgan fingerprint density at radius 3 is 2.66 bits per heavy atom. The molecule has 29 heavy (non-hydrogen) atoms. The normalized spacial score (nSPS) is 12.7. The molecule has 0 aliphatic rings. The lowest BCUT2D eigenvalue weighted by molar-refractivity contribution is -0.141. The van der Waals surface area contributed by atoms with E-state index in [4.69, 9.17) is 0 Å². The zero-order valence-electron chi connectivity index (χ0n) is 16.0. The van der Waals surface area contributed by atoms with Crippen LogP contribution in [0.2, 0.25) is 0 Å². The highest BCUT2D eigenvalue weighted by atomic mass is 32.1. The number of carbonyl (C=O) groups excluding carboxylic acids is 1. The molecule has 0 aliphatic heterocycles. The molecule has 2 aromatic heterocycles. The van der Waals surface area contributed by atoms with Crippen LogP contribution >= 0.6 is 11.3 Å². The van der Waals surface area contributed by atoms with Crippen molar-refractivity contribution in [1.82, 2.24) is 20.1 Å². The highest BCUT2D eigenvalue weighted by Crippen LogP contribution is 2.28. The van der Waals surface area contributed by atoms with Crippen LogP contribution in [0.3, 0.4) is 0 Å². The number of benzene rings is 1. The van der Waals surface area contributed by atoms with E-state index in [2.05, 4.69) is 15.4 Å². The molecule has 0 saturated heterocycles. The maximum absolute atomic E-state index is 12.8. The number of thiazole rings is 1. The van der Waals surface area contributed by atoms with Crippen molar-refractivity contribution in [3.05, 3.63) is 58.9 Å². The van der Waals surface area contributed by atoms with Crippen LogP contribution in [0.1, 0.15) is 24.0 Å². The van der Waals surface area contributed by atoms with Crippen LogP contribution in [0.5, 0.6) is 0 Å². The van der Waals surface area contributed by atoms with E-state index >= 15 is 0 Å². The second-order valence-electron chi connectivity index (χ2n) is 6.80. The van der Waals surface area contributed by atoms with Crippen molar-refractivity contribution in [1.29, 1.82) is 0 Å². The largest absolute Gasteiger partial charge is 0.435 e. The minimum atomic E-state index is -4.49. The first-order chi connectivity index (χ1) is 13.7. The summed E-state index contributed by atoms with van der Waals surface area (Å²) < 4.78 is 39.5. The molecule has 0 saturated carbocycles. The monoisotopic (exact) mass is 422 g/mol. The van der Waals surface area contributed by atoms with Crippen molar-refractivity contribution in [2.45, 2.75) is 33.0 Å². The molecule has 3 rings (SSSR count). The molecule has 0 bridgehead atoms. The highest BCUT2D eigenvalue weighted by molar-refractivity contribution is 7.13. The molecule has 1 N–H and O–H groups in total. The fourth-order valence-corrected chi connectivity index (χ4v) is 3.66. The maximum Gasteiger partial charge on any atom is 0.435 e. The summed E-state index contributed by atoms with van der Waals surface area (Å²) in [5.74, 6) is -0.739. The van der Waals surface area contributed by atoms with Gasteiger partial charge in [-0.25, -0.2) is 4.98 Å². The minimum absolute atomic E-state index is 0.0859. The van der Waals surface area contributed by atoms with E-state index in [1.807, 2.05) is 35.7 Å². The highest BCUT2D eigenvalue weighted by Gasteiger charge is 2.34. The zero-order valence-corrected chi connectivity index (χ0v) is 16.8. The molecular formula is C20H21F3N4OS. The van der Waals surface area contributed by atoms with Crippen molar-refractivity contribution in [3.8, 4) is 10.6 Å². The number of alkyl halides is 3.